The smallest absolute Gasteiger partial charge is 0.241 e. The average molecular weight is 319 g/mol. The van der Waals surface area contributed by atoms with E-state index < -0.39 is 0 Å². The minimum atomic E-state index is -0.000468. The van der Waals surface area contributed by atoms with Gasteiger partial charge in [0.05, 0.1) is 18.8 Å². The van der Waals surface area contributed by atoms with Crippen molar-refractivity contribution < 1.29 is 9.59 Å². The number of nitrogens with one attached hydrogen (secondary N) is 1. The number of para-hydroxylation sites is 1. The molecular formula is C16H21N3O2S. The lowest BCUT2D eigenvalue weighted by Gasteiger charge is -2.29. The Hall–Kier alpha value is -1.53. The summed E-state index contributed by atoms with van der Waals surface area (Å²) in [5, 5.41) is 3.29. The molecule has 2 heterocycles. The van der Waals surface area contributed by atoms with Crippen molar-refractivity contribution in [3.05, 3.63) is 24.3 Å². The molecule has 1 N–H and O–H groups in total. The number of nitrogens with zero attached hydrogens (tertiary/aromatic N) is 2. The molecule has 0 aliphatic carbocycles. The Morgan fingerprint density at radius 1 is 1.36 bits per heavy atom. The molecule has 3 rings (SSSR count). The lowest BCUT2D eigenvalue weighted by atomic mass is 10.2. The molecule has 5 nitrogen and oxygen atoms in total. The van der Waals surface area contributed by atoms with Crippen molar-refractivity contribution in [3.8, 4) is 0 Å². The molecule has 0 aromatic heterocycles. The van der Waals surface area contributed by atoms with Crippen molar-refractivity contribution in [1.29, 1.82) is 0 Å². The number of carbonyl (C=O) groups excluding carboxylic acids is 2. The summed E-state index contributed by atoms with van der Waals surface area (Å²) < 4.78 is 0. The molecule has 1 fully saturated rings. The molecule has 0 radical (unpaired) electrons. The van der Waals surface area contributed by atoms with E-state index >= 15 is 0 Å². The van der Waals surface area contributed by atoms with E-state index in [-0.39, 0.29) is 11.8 Å². The highest BCUT2D eigenvalue weighted by Gasteiger charge is 2.26. The zero-order valence-electron chi connectivity index (χ0n) is 12.7. The fraction of sp³-hybridized carbons (Fsp3) is 0.500. The molecule has 0 spiro atoms. The SMILES string of the molecule is C[C@H]1CCN(C(=O)CN2CCNC(=O)C2)c2ccccc2S1. The molecule has 1 aromatic carbocycles. The van der Waals surface area contributed by atoms with Gasteiger partial charge in [0, 0.05) is 29.8 Å². The van der Waals surface area contributed by atoms with Crippen LogP contribution in [0.1, 0.15) is 13.3 Å². The zero-order valence-corrected chi connectivity index (χ0v) is 13.6. The maximum Gasteiger partial charge on any atom is 0.241 e. The van der Waals surface area contributed by atoms with Gasteiger partial charge in [0.25, 0.3) is 0 Å². The highest BCUT2D eigenvalue weighted by Crippen LogP contribution is 2.37. The predicted octanol–water partition coefficient (Wildman–Crippen LogP) is 1.34. The second-order valence-corrected chi connectivity index (χ2v) is 7.27. The van der Waals surface area contributed by atoms with Gasteiger partial charge in [0.2, 0.25) is 11.8 Å². The van der Waals surface area contributed by atoms with Crippen LogP contribution in [-0.4, -0.2) is 54.7 Å². The maximum absolute atomic E-state index is 12.7. The number of thioether (sulfide) groups is 1. The Morgan fingerprint density at radius 3 is 3.00 bits per heavy atom. The Labute approximate surface area is 135 Å². The summed E-state index contributed by atoms with van der Waals surface area (Å²) in [6.07, 6.45) is 0.978. The Bertz CT molecular complexity index is 578. The van der Waals surface area contributed by atoms with Crippen LogP contribution >= 0.6 is 11.8 Å². The minimum Gasteiger partial charge on any atom is -0.354 e. The summed E-state index contributed by atoms with van der Waals surface area (Å²) in [6.45, 7) is 4.91. The van der Waals surface area contributed by atoms with Crippen LogP contribution in [0.5, 0.6) is 0 Å². The molecule has 1 aromatic rings. The summed E-state index contributed by atoms with van der Waals surface area (Å²) in [5.41, 5.74) is 1.00. The van der Waals surface area contributed by atoms with E-state index in [0.29, 0.717) is 24.9 Å². The molecule has 1 saturated heterocycles. The topological polar surface area (TPSA) is 52.7 Å². The Balaban J connectivity index is 1.75. The number of rotatable bonds is 2. The first-order chi connectivity index (χ1) is 10.6. The standard InChI is InChI=1S/C16H21N3O2S/c1-12-6-8-19(13-4-2-3-5-14(13)22-12)16(21)11-18-9-7-17-15(20)10-18/h2-5,12H,6-11H2,1H3,(H,17,20)/t12-/m0/s1. The first-order valence-corrected chi connectivity index (χ1v) is 8.56. The van der Waals surface area contributed by atoms with E-state index in [1.165, 1.54) is 0 Å². The van der Waals surface area contributed by atoms with Crippen LogP contribution in [0.15, 0.2) is 29.2 Å². The van der Waals surface area contributed by atoms with Crippen LogP contribution in [0.25, 0.3) is 0 Å². The van der Waals surface area contributed by atoms with Gasteiger partial charge in [-0.1, -0.05) is 19.1 Å². The van der Waals surface area contributed by atoms with Crippen LogP contribution in [-0.2, 0) is 9.59 Å². The first-order valence-electron chi connectivity index (χ1n) is 7.68. The molecule has 2 aliphatic heterocycles. The number of benzene rings is 1. The molecule has 6 heteroatoms. The van der Waals surface area contributed by atoms with Gasteiger partial charge in [0.15, 0.2) is 0 Å². The molecule has 0 unspecified atom stereocenters. The molecular weight excluding hydrogens is 298 g/mol. The molecule has 2 amide bonds. The number of amides is 2. The molecule has 22 heavy (non-hydrogen) atoms. The maximum atomic E-state index is 12.7. The van der Waals surface area contributed by atoms with E-state index in [0.717, 1.165) is 30.1 Å². The van der Waals surface area contributed by atoms with Crippen molar-refractivity contribution in [2.24, 2.45) is 0 Å². The van der Waals surface area contributed by atoms with Gasteiger partial charge in [-0.25, -0.2) is 0 Å². The molecule has 1 atom stereocenters. The Kier molecular flexibility index (Phi) is 4.69. The van der Waals surface area contributed by atoms with E-state index in [9.17, 15) is 9.59 Å². The van der Waals surface area contributed by atoms with Gasteiger partial charge in [-0.3, -0.25) is 14.5 Å². The Morgan fingerprint density at radius 2 is 2.18 bits per heavy atom. The average Bonchev–Trinajstić information content (AvgIpc) is 2.65. The van der Waals surface area contributed by atoms with Crippen LogP contribution in [0.4, 0.5) is 5.69 Å². The largest absolute Gasteiger partial charge is 0.354 e. The second kappa shape index (κ2) is 6.71. The van der Waals surface area contributed by atoms with Gasteiger partial charge in [0.1, 0.15) is 0 Å². The number of fused-ring (bicyclic) bond motifs is 1. The fourth-order valence-electron chi connectivity index (χ4n) is 2.85. The van der Waals surface area contributed by atoms with Crippen LogP contribution in [0.3, 0.4) is 0 Å². The van der Waals surface area contributed by atoms with Gasteiger partial charge in [-0.2, -0.15) is 0 Å². The van der Waals surface area contributed by atoms with Crippen molar-refractivity contribution >= 4 is 29.3 Å². The van der Waals surface area contributed by atoms with Gasteiger partial charge in [-0.15, -0.1) is 11.8 Å². The van der Waals surface area contributed by atoms with E-state index in [1.807, 2.05) is 39.8 Å². The van der Waals surface area contributed by atoms with Crippen molar-refractivity contribution in [3.63, 3.8) is 0 Å². The highest BCUT2D eigenvalue weighted by molar-refractivity contribution is 8.00. The third-order valence-corrected chi connectivity index (χ3v) is 5.26. The number of hydrogen-bond donors (Lipinski definition) is 1. The van der Waals surface area contributed by atoms with Crippen molar-refractivity contribution in [2.45, 2.75) is 23.5 Å². The van der Waals surface area contributed by atoms with E-state index in [2.05, 4.69) is 18.3 Å². The third-order valence-electron chi connectivity index (χ3n) is 4.02. The summed E-state index contributed by atoms with van der Waals surface area (Å²) in [5.74, 6) is 0.0799. The van der Waals surface area contributed by atoms with Crippen LogP contribution < -0.4 is 10.2 Å². The third kappa shape index (κ3) is 3.44. The van der Waals surface area contributed by atoms with Crippen LogP contribution in [0.2, 0.25) is 0 Å². The van der Waals surface area contributed by atoms with E-state index in [1.54, 1.807) is 0 Å². The van der Waals surface area contributed by atoms with Crippen molar-refractivity contribution in [1.82, 2.24) is 10.2 Å². The summed E-state index contributed by atoms with van der Waals surface area (Å²) >= 11 is 1.83. The van der Waals surface area contributed by atoms with E-state index in [4.69, 9.17) is 0 Å². The number of carbonyl (C=O) groups is 2. The summed E-state index contributed by atoms with van der Waals surface area (Å²) in [6, 6.07) is 8.09. The highest BCUT2D eigenvalue weighted by atomic mass is 32.2. The van der Waals surface area contributed by atoms with Crippen molar-refractivity contribution in [2.75, 3.05) is 37.6 Å². The minimum absolute atomic E-state index is 0.000468. The van der Waals surface area contributed by atoms with Gasteiger partial charge < -0.3 is 10.2 Å². The van der Waals surface area contributed by atoms with Gasteiger partial charge in [-0.05, 0) is 18.6 Å². The normalized spacial score (nSPS) is 22.7. The number of hydrogen-bond acceptors (Lipinski definition) is 4. The molecule has 0 bridgehead atoms. The second-order valence-electron chi connectivity index (χ2n) is 5.79. The summed E-state index contributed by atoms with van der Waals surface area (Å²) in [7, 11) is 0. The van der Waals surface area contributed by atoms with Gasteiger partial charge >= 0.3 is 0 Å². The predicted molar refractivity (Wildman–Crippen MR) is 88.2 cm³/mol. The monoisotopic (exact) mass is 319 g/mol. The lowest BCUT2D eigenvalue weighted by Crippen LogP contribution is -2.51. The van der Waals surface area contributed by atoms with Crippen LogP contribution in [0, 0.1) is 0 Å². The lowest BCUT2D eigenvalue weighted by molar-refractivity contribution is -0.126. The number of anilines is 1. The molecule has 0 saturated carbocycles. The fourth-order valence-corrected chi connectivity index (χ4v) is 3.96. The number of piperazine rings is 1. The first kappa shape index (κ1) is 15.4. The molecule has 2 aliphatic rings. The summed E-state index contributed by atoms with van der Waals surface area (Å²) in [4.78, 5) is 29.2. The quantitative estimate of drug-likeness (QED) is 0.894. The zero-order chi connectivity index (χ0) is 15.5. The molecule has 118 valence electrons.